The Kier molecular flexibility index (Phi) is 5.33. The predicted molar refractivity (Wildman–Crippen MR) is 90.9 cm³/mol. The monoisotopic (exact) mass is 346 g/mol. The van der Waals surface area contributed by atoms with Crippen molar-refractivity contribution in [3.05, 3.63) is 59.4 Å². The smallest absolute Gasteiger partial charge is 0.357 e. The third-order valence-corrected chi connectivity index (χ3v) is 4.25. The van der Waals surface area contributed by atoms with Gasteiger partial charge in [-0.3, -0.25) is 0 Å². The minimum Gasteiger partial charge on any atom is -0.487 e. The quantitative estimate of drug-likeness (QED) is 0.772. The number of halogens is 1. The second-order valence-corrected chi connectivity index (χ2v) is 6.12. The van der Waals surface area contributed by atoms with Crippen LogP contribution in [-0.2, 0) is 4.84 Å². The molecule has 1 aromatic heterocycles. The molecule has 126 valence electrons. The lowest BCUT2D eigenvalue weighted by Gasteiger charge is -2.28. The van der Waals surface area contributed by atoms with Crippen LogP contribution in [0.25, 0.3) is 0 Å². The van der Waals surface area contributed by atoms with E-state index >= 15 is 0 Å². The summed E-state index contributed by atoms with van der Waals surface area (Å²) < 4.78 is 5.92. The Bertz CT molecular complexity index is 678. The van der Waals surface area contributed by atoms with Gasteiger partial charge in [0.25, 0.3) is 0 Å². The maximum atomic E-state index is 12.2. The van der Waals surface area contributed by atoms with E-state index in [-0.39, 0.29) is 18.1 Å². The second kappa shape index (κ2) is 7.64. The van der Waals surface area contributed by atoms with Gasteiger partial charge in [-0.25, -0.2) is 9.78 Å². The largest absolute Gasteiger partial charge is 0.487 e. The number of hydrogen-bond donors (Lipinski definition) is 0. The highest BCUT2D eigenvalue weighted by atomic mass is 35.5. The number of carbonyl (C=O) groups is 1. The molecule has 0 saturated carbocycles. The lowest BCUT2D eigenvalue weighted by molar-refractivity contribution is -0.136. The summed E-state index contributed by atoms with van der Waals surface area (Å²) in [5.41, 5.74) is 0.540. The molecule has 0 radical (unpaired) electrons. The highest BCUT2D eigenvalue weighted by Crippen LogP contribution is 2.25. The van der Waals surface area contributed by atoms with Crippen LogP contribution in [0.15, 0.2) is 48.7 Å². The first-order valence-corrected chi connectivity index (χ1v) is 8.33. The van der Waals surface area contributed by atoms with Crippen molar-refractivity contribution in [3.8, 4) is 5.75 Å². The molecule has 3 rings (SSSR count). The Hall–Kier alpha value is -2.11. The first-order valence-electron chi connectivity index (χ1n) is 7.95. The van der Waals surface area contributed by atoms with Gasteiger partial charge in [0.05, 0.1) is 17.8 Å². The van der Waals surface area contributed by atoms with Crippen LogP contribution in [0.1, 0.15) is 30.1 Å². The van der Waals surface area contributed by atoms with Crippen molar-refractivity contribution in [3.63, 3.8) is 0 Å². The van der Waals surface area contributed by atoms with Crippen LogP contribution in [0.4, 0.5) is 0 Å². The summed E-state index contributed by atoms with van der Waals surface area (Å²) >= 11 is 5.78. The van der Waals surface area contributed by atoms with E-state index in [1.807, 2.05) is 25.1 Å². The van der Waals surface area contributed by atoms with Gasteiger partial charge in [-0.15, -0.1) is 5.06 Å². The first kappa shape index (κ1) is 16.7. The topological polar surface area (TPSA) is 51.7 Å². The summed E-state index contributed by atoms with van der Waals surface area (Å²) in [5.74, 6) is 0.302. The summed E-state index contributed by atoms with van der Waals surface area (Å²) in [6, 6.07) is 12.5. The fourth-order valence-electron chi connectivity index (χ4n) is 2.81. The molecule has 2 unspecified atom stereocenters. The minimum atomic E-state index is -0.345. The third kappa shape index (κ3) is 4.04. The molecule has 1 aliphatic rings. The van der Waals surface area contributed by atoms with E-state index in [9.17, 15) is 4.79 Å². The Labute approximate surface area is 146 Å². The lowest BCUT2D eigenvalue weighted by atomic mass is 10.1. The second-order valence-electron chi connectivity index (χ2n) is 5.73. The first-order chi connectivity index (χ1) is 11.6. The minimum absolute atomic E-state index is 0.00772. The van der Waals surface area contributed by atoms with Crippen LogP contribution in [-0.4, -0.2) is 34.7 Å². The van der Waals surface area contributed by atoms with Crippen molar-refractivity contribution in [1.82, 2.24) is 10.0 Å². The van der Waals surface area contributed by atoms with Gasteiger partial charge in [-0.1, -0.05) is 29.8 Å². The maximum absolute atomic E-state index is 12.2. The fourth-order valence-corrected chi connectivity index (χ4v) is 2.92. The van der Waals surface area contributed by atoms with Crippen LogP contribution in [0.3, 0.4) is 0 Å². The van der Waals surface area contributed by atoms with Gasteiger partial charge in [-0.05, 0) is 44.0 Å². The van der Waals surface area contributed by atoms with Crippen LogP contribution in [0.5, 0.6) is 5.75 Å². The van der Waals surface area contributed by atoms with E-state index in [1.54, 1.807) is 35.5 Å². The molecular formula is C18H19ClN2O3. The van der Waals surface area contributed by atoms with Gasteiger partial charge in [0.2, 0.25) is 0 Å². The molecule has 0 amide bonds. The number of nitrogens with zero attached hydrogens (tertiary/aromatic N) is 2. The molecule has 1 aromatic carbocycles. The predicted octanol–water partition coefficient (Wildman–Crippen LogP) is 3.74. The normalized spacial score (nSPS) is 19.0. The van der Waals surface area contributed by atoms with E-state index in [1.165, 1.54) is 0 Å². The van der Waals surface area contributed by atoms with Gasteiger partial charge in [-0.2, -0.15) is 0 Å². The SMILES string of the molecule is CC(Oc1ccc(Cl)nc1)C1CCCN1OC(=O)c1ccccc1. The number of hydrogen-bond acceptors (Lipinski definition) is 5. The van der Waals surface area contributed by atoms with Crippen LogP contribution in [0.2, 0.25) is 5.15 Å². The summed E-state index contributed by atoms with van der Waals surface area (Å²) in [5, 5.41) is 2.15. The average Bonchev–Trinajstić information content (AvgIpc) is 3.06. The third-order valence-electron chi connectivity index (χ3n) is 4.02. The van der Waals surface area contributed by atoms with Crippen molar-refractivity contribution in [2.75, 3.05) is 6.54 Å². The molecule has 0 aliphatic carbocycles. The Balaban J connectivity index is 1.62. The molecule has 0 spiro atoms. The van der Waals surface area contributed by atoms with E-state index in [2.05, 4.69) is 4.98 Å². The Morgan fingerprint density at radius 1 is 1.29 bits per heavy atom. The van der Waals surface area contributed by atoms with E-state index in [0.29, 0.717) is 23.0 Å². The van der Waals surface area contributed by atoms with Crippen LogP contribution < -0.4 is 4.74 Å². The number of pyridine rings is 1. The van der Waals surface area contributed by atoms with Crippen LogP contribution >= 0.6 is 11.6 Å². The molecule has 5 nitrogen and oxygen atoms in total. The average molecular weight is 347 g/mol. The van der Waals surface area contributed by atoms with Crippen molar-refractivity contribution in [2.45, 2.75) is 31.9 Å². The molecule has 1 aliphatic heterocycles. The number of hydroxylamine groups is 2. The van der Waals surface area contributed by atoms with Crippen molar-refractivity contribution in [2.24, 2.45) is 0 Å². The summed E-state index contributed by atoms with van der Waals surface area (Å²) in [6.45, 7) is 2.67. The van der Waals surface area contributed by atoms with Gasteiger partial charge >= 0.3 is 5.97 Å². The maximum Gasteiger partial charge on any atom is 0.357 e. The number of aromatic nitrogens is 1. The number of carbonyl (C=O) groups excluding carboxylic acids is 1. The zero-order valence-electron chi connectivity index (χ0n) is 13.4. The molecule has 0 N–H and O–H groups in total. The molecular weight excluding hydrogens is 328 g/mol. The van der Waals surface area contributed by atoms with Crippen molar-refractivity contribution >= 4 is 17.6 Å². The van der Waals surface area contributed by atoms with Crippen molar-refractivity contribution in [1.29, 1.82) is 0 Å². The summed E-state index contributed by atoms with van der Waals surface area (Å²) in [4.78, 5) is 21.8. The Morgan fingerprint density at radius 3 is 2.79 bits per heavy atom. The number of benzene rings is 1. The Morgan fingerprint density at radius 2 is 2.08 bits per heavy atom. The molecule has 2 aromatic rings. The molecule has 24 heavy (non-hydrogen) atoms. The van der Waals surface area contributed by atoms with E-state index in [4.69, 9.17) is 21.2 Å². The summed E-state index contributed by atoms with van der Waals surface area (Å²) in [7, 11) is 0. The van der Waals surface area contributed by atoms with Crippen molar-refractivity contribution < 1.29 is 14.4 Å². The lowest BCUT2D eigenvalue weighted by Crippen LogP contribution is -2.41. The highest BCUT2D eigenvalue weighted by molar-refractivity contribution is 6.29. The van der Waals surface area contributed by atoms with Gasteiger partial charge in [0.15, 0.2) is 0 Å². The fraction of sp³-hybridized carbons (Fsp3) is 0.333. The zero-order valence-corrected chi connectivity index (χ0v) is 14.1. The van der Waals surface area contributed by atoms with E-state index < -0.39 is 0 Å². The van der Waals surface area contributed by atoms with Crippen LogP contribution in [0, 0.1) is 0 Å². The number of ether oxygens (including phenoxy) is 1. The molecule has 1 fully saturated rings. The van der Waals surface area contributed by atoms with E-state index in [0.717, 1.165) is 12.8 Å². The molecule has 1 saturated heterocycles. The van der Waals surface area contributed by atoms with Gasteiger partial charge < -0.3 is 9.57 Å². The molecule has 6 heteroatoms. The standard InChI is InChI=1S/C18H19ClN2O3/c1-13(23-15-9-10-17(19)20-12-15)16-8-5-11-21(16)24-18(22)14-6-3-2-4-7-14/h2-4,6-7,9-10,12-13,16H,5,8,11H2,1H3. The molecule has 0 bridgehead atoms. The highest BCUT2D eigenvalue weighted by Gasteiger charge is 2.33. The summed E-state index contributed by atoms with van der Waals surface area (Å²) in [6.07, 6.45) is 3.32. The van der Waals surface area contributed by atoms with Gasteiger partial charge in [0, 0.05) is 6.54 Å². The number of rotatable bonds is 5. The molecule has 2 atom stereocenters. The van der Waals surface area contributed by atoms with Gasteiger partial charge in [0.1, 0.15) is 17.0 Å². The zero-order chi connectivity index (χ0) is 16.9. The molecule has 2 heterocycles.